The number of ether oxygens (including phenoxy) is 3. The summed E-state index contributed by atoms with van der Waals surface area (Å²) < 4.78 is 16.5. The molecule has 0 aliphatic heterocycles. The Kier molecular flexibility index (Phi) is 7.15. The molecule has 1 saturated carbocycles. The number of rotatable bonds is 6. The molecule has 6 heteroatoms. The van der Waals surface area contributed by atoms with Crippen LogP contribution in [-0.2, 0) is 14.4 Å². The number of para-hydroxylation sites is 3. The molecule has 0 unspecified atom stereocenters. The molecule has 0 bridgehead atoms. The Hall–Kier alpha value is -3.93. The maximum Gasteiger partial charge on any atom is 0.314 e. The van der Waals surface area contributed by atoms with Gasteiger partial charge >= 0.3 is 17.9 Å². The molecular weight excluding hydrogens is 420 g/mol. The van der Waals surface area contributed by atoms with Gasteiger partial charge in [0.1, 0.15) is 17.2 Å². The number of esters is 3. The first-order chi connectivity index (χ1) is 16.1. The lowest BCUT2D eigenvalue weighted by Gasteiger charge is -2.31. The molecule has 168 valence electrons. The van der Waals surface area contributed by atoms with E-state index < -0.39 is 35.7 Å². The summed E-state index contributed by atoms with van der Waals surface area (Å²) in [4.78, 5) is 38.7. The van der Waals surface area contributed by atoms with E-state index in [1.165, 1.54) is 0 Å². The highest BCUT2D eigenvalue weighted by Gasteiger charge is 2.41. The van der Waals surface area contributed by atoms with E-state index in [0.29, 0.717) is 17.2 Å². The monoisotopic (exact) mass is 444 g/mol. The van der Waals surface area contributed by atoms with Gasteiger partial charge in [0, 0.05) is 0 Å². The molecule has 0 atom stereocenters. The van der Waals surface area contributed by atoms with Crippen LogP contribution in [0, 0.1) is 17.8 Å². The Morgan fingerprint density at radius 3 is 0.939 bits per heavy atom. The summed E-state index contributed by atoms with van der Waals surface area (Å²) >= 11 is 0. The zero-order valence-corrected chi connectivity index (χ0v) is 18.0. The van der Waals surface area contributed by atoms with E-state index in [2.05, 4.69) is 0 Å². The van der Waals surface area contributed by atoms with Crippen molar-refractivity contribution in [1.29, 1.82) is 0 Å². The van der Waals surface area contributed by atoms with Crippen molar-refractivity contribution in [2.45, 2.75) is 19.3 Å². The Bertz CT molecular complexity index is 934. The van der Waals surface area contributed by atoms with Crippen molar-refractivity contribution in [3.05, 3.63) is 91.0 Å². The van der Waals surface area contributed by atoms with Crippen LogP contribution in [-0.4, -0.2) is 17.9 Å². The molecule has 0 N–H and O–H groups in total. The first-order valence-corrected chi connectivity index (χ1v) is 10.9. The van der Waals surface area contributed by atoms with Crippen molar-refractivity contribution < 1.29 is 28.6 Å². The van der Waals surface area contributed by atoms with Gasteiger partial charge in [-0.15, -0.1) is 0 Å². The van der Waals surface area contributed by atoms with E-state index >= 15 is 0 Å². The second kappa shape index (κ2) is 10.6. The van der Waals surface area contributed by atoms with Crippen LogP contribution in [0.25, 0.3) is 0 Å². The lowest BCUT2D eigenvalue weighted by Crippen LogP contribution is -2.39. The summed E-state index contributed by atoms with van der Waals surface area (Å²) in [5, 5.41) is 0. The normalized spacial score (nSPS) is 19.8. The Morgan fingerprint density at radius 1 is 0.455 bits per heavy atom. The van der Waals surface area contributed by atoms with E-state index in [9.17, 15) is 14.4 Å². The summed E-state index contributed by atoms with van der Waals surface area (Å²) in [5.74, 6) is -2.09. The van der Waals surface area contributed by atoms with E-state index in [-0.39, 0.29) is 19.3 Å². The number of benzene rings is 3. The molecule has 3 aromatic rings. The summed E-state index contributed by atoms with van der Waals surface area (Å²) in [5.41, 5.74) is 0. The van der Waals surface area contributed by atoms with Gasteiger partial charge in [-0.1, -0.05) is 54.6 Å². The molecule has 4 rings (SSSR count). The predicted octanol–water partition coefficient (Wildman–Crippen LogP) is 4.84. The minimum atomic E-state index is -0.638. The van der Waals surface area contributed by atoms with Crippen molar-refractivity contribution in [2.24, 2.45) is 17.8 Å². The fraction of sp³-hybridized carbons (Fsp3) is 0.222. The molecule has 6 nitrogen and oxygen atoms in total. The number of hydrogen-bond acceptors (Lipinski definition) is 6. The molecule has 33 heavy (non-hydrogen) atoms. The van der Waals surface area contributed by atoms with Crippen molar-refractivity contribution in [3.8, 4) is 17.2 Å². The average molecular weight is 444 g/mol. The molecular formula is C27H24O6. The highest BCUT2D eigenvalue weighted by Crippen LogP contribution is 2.36. The fourth-order valence-corrected chi connectivity index (χ4v) is 3.96. The van der Waals surface area contributed by atoms with Crippen molar-refractivity contribution >= 4 is 17.9 Å². The quantitative estimate of drug-likeness (QED) is 0.400. The van der Waals surface area contributed by atoms with Gasteiger partial charge < -0.3 is 14.2 Å². The van der Waals surface area contributed by atoms with Gasteiger partial charge in [0.05, 0.1) is 17.8 Å². The molecule has 0 heterocycles. The first kappa shape index (κ1) is 22.3. The summed E-state index contributed by atoms with van der Waals surface area (Å²) in [6, 6.07) is 26.2. The maximum absolute atomic E-state index is 12.9. The standard InChI is InChI=1S/C27H24O6/c28-25(31-22-10-4-1-5-11-22)19-16-20(26(29)32-23-12-6-2-7-13-23)18-21(17-19)27(30)33-24-14-8-3-9-15-24/h1-15,19-21H,16-18H2. The minimum Gasteiger partial charge on any atom is -0.426 e. The molecule has 0 aromatic heterocycles. The first-order valence-electron chi connectivity index (χ1n) is 10.9. The zero-order valence-electron chi connectivity index (χ0n) is 18.0. The van der Waals surface area contributed by atoms with E-state index in [1.54, 1.807) is 72.8 Å². The molecule has 0 radical (unpaired) electrons. The van der Waals surface area contributed by atoms with Gasteiger partial charge in [-0.25, -0.2) is 0 Å². The largest absolute Gasteiger partial charge is 0.426 e. The van der Waals surface area contributed by atoms with E-state index in [4.69, 9.17) is 14.2 Å². The van der Waals surface area contributed by atoms with Gasteiger partial charge in [-0.2, -0.15) is 0 Å². The smallest absolute Gasteiger partial charge is 0.314 e. The maximum atomic E-state index is 12.9. The van der Waals surface area contributed by atoms with Gasteiger partial charge in [0.15, 0.2) is 0 Å². The molecule has 1 aliphatic carbocycles. The van der Waals surface area contributed by atoms with Crippen molar-refractivity contribution in [2.75, 3.05) is 0 Å². The van der Waals surface area contributed by atoms with E-state index in [1.807, 2.05) is 18.2 Å². The van der Waals surface area contributed by atoms with Gasteiger partial charge in [0.2, 0.25) is 0 Å². The number of carbonyl (C=O) groups is 3. The van der Waals surface area contributed by atoms with Crippen LogP contribution < -0.4 is 14.2 Å². The Labute approximate surface area is 192 Å². The van der Waals surface area contributed by atoms with Crippen LogP contribution in [0.3, 0.4) is 0 Å². The second-order valence-corrected chi connectivity index (χ2v) is 8.00. The third kappa shape index (κ3) is 6.07. The molecule has 0 spiro atoms. The topological polar surface area (TPSA) is 78.9 Å². The molecule has 1 fully saturated rings. The average Bonchev–Trinajstić information content (AvgIpc) is 2.85. The molecule has 3 aromatic carbocycles. The zero-order chi connectivity index (χ0) is 23.0. The lowest BCUT2D eigenvalue weighted by molar-refractivity contribution is -0.150. The van der Waals surface area contributed by atoms with Gasteiger partial charge in [-0.05, 0) is 55.7 Å². The van der Waals surface area contributed by atoms with Crippen LogP contribution in [0.4, 0.5) is 0 Å². The predicted molar refractivity (Wildman–Crippen MR) is 121 cm³/mol. The van der Waals surface area contributed by atoms with Gasteiger partial charge in [-0.3, -0.25) is 14.4 Å². The molecule has 1 aliphatic rings. The summed E-state index contributed by atoms with van der Waals surface area (Å²) in [7, 11) is 0. The van der Waals surface area contributed by atoms with Crippen LogP contribution in [0.1, 0.15) is 19.3 Å². The lowest BCUT2D eigenvalue weighted by atomic mass is 9.75. The SMILES string of the molecule is O=C(Oc1ccccc1)C1CC(C(=O)Oc2ccccc2)CC(C(=O)Oc2ccccc2)C1. The molecule has 0 amide bonds. The van der Waals surface area contributed by atoms with Crippen LogP contribution >= 0.6 is 0 Å². The van der Waals surface area contributed by atoms with E-state index in [0.717, 1.165) is 0 Å². The van der Waals surface area contributed by atoms with Crippen LogP contribution in [0.5, 0.6) is 17.2 Å². The van der Waals surface area contributed by atoms with Crippen LogP contribution in [0.2, 0.25) is 0 Å². The second-order valence-electron chi connectivity index (χ2n) is 8.00. The number of hydrogen-bond donors (Lipinski definition) is 0. The Balaban J connectivity index is 1.49. The highest BCUT2D eigenvalue weighted by atomic mass is 16.5. The third-order valence-corrected chi connectivity index (χ3v) is 5.59. The summed E-state index contributed by atoms with van der Waals surface area (Å²) in [6.07, 6.45) is 0.728. The fourth-order valence-electron chi connectivity index (χ4n) is 3.96. The van der Waals surface area contributed by atoms with Crippen molar-refractivity contribution in [1.82, 2.24) is 0 Å². The highest BCUT2D eigenvalue weighted by molar-refractivity contribution is 5.82. The van der Waals surface area contributed by atoms with Gasteiger partial charge in [0.25, 0.3) is 0 Å². The minimum absolute atomic E-state index is 0.243. The number of carbonyl (C=O) groups excluding carboxylic acids is 3. The third-order valence-electron chi connectivity index (χ3n) is 5.59. The summed E-state index contributed by atoms with van der Waals surface area (Å²) in [6.45, 7) is 0. The van der Waals surface area contributed by atoms with Crippen molar-refractivity contribution in [3.63, 3.8) is 0 Å². The Morgan fingerprint density at radius 2 is 0.697 bits per heavy atom. The molecule has 0 saturated heterocycles. The van der Waals surface area contributed by atoms with Crippen LogP contribution in [0.15, 0.2) is 91.0 Å².